The molecule has 3 fully saturated rings. The molecular weight excluding hydrogens is 505 g/mol. The van der Waals surface area contributed by atoms with Crippen molar-refractivity contribution >= 4 is 20.1 Å². The van der Waals surface area contributed by atoms with Crippen molar-refractivity contribution in [1.29, 1.82) is 0 Å². The van der Waals surface area contributed by atoms with Crippen LogP contribution < -0.4 is 0 Å². The van der Waals surface area contributed by atoms with Crippen molar-refractivity contribution in [1.82, 2.24) is 0 Å². The van der Waals surface area contributed by atoms with E-state index >= 15 is 0 Å². The largest absolute Gasteiger partial charge is 0.414 e. The molecule has 4 rings (SSSR count). The first-order chi connectivity index (χ1) is 17.4. The SMILES string of the molecule is C[C@H](SCCCC(C)(C)O)[C@H]1CC[C@H]2C3=CC=C4C[C@@H](O[Si](C)(C)C(C)(C)C)C[C@H](O)[C@]4(C)[C@H]3CC[C@]12C. The maximum atomic E-state index is 11.7. The van der Waals surface area contributed by atoms with E-state index in [4.69, 9.17) is 4.43 Å². The Kier molecular flexibility index (Phi) is 8.65. The molecule has 0 aromatic carbocycles. The molecule has 0 saturated heterocycles. The number of aliphatic hydroxyl groups excluding tert-OH is 1. The summed E-state index contributed by atoms with van der Waals surface area (Å²) in [6.07, 6.45) is 13.5. The molecule has 0 amide bonds. The fraction of sp³-hybridized carbons (Fsp3) is 0.879. The summed E-state index contributed by atoms with van der Waals surface area (Å²) in [4.78, 5) is 0. The highest BCUT2D eigenvalue weighted by molar-refractivity contribution is 7.99. The van der Waals surface area contributed by atoms with Gasteiger partial charge in [0, 0.05) is 10.7 Å². The van der Waals surface area contributed by atoms with E-state index in [9.17, 15) is 10.2 Å². The molecule has 2 N–H and O–H groups in total. The average Bonchev–Trinajstić information content (AvgIpc) is 3.13. The van der Waals surface area contributed by atoms with E-state index in [1.807, 2.05) is 13.8 Å². The first kappa shape index (κ1) is 30.9. The summed E-state index contributed by atoms with van der Waals surface area (Å²) in [7, 11) is -1.87. The Morgan fingerprint density at radius 1 is 1.08 bits per heavy atom. The lowest BCUT2D eigenvalue weighted by atomic mass is 9.49. The van der Waals surface area contributed by atoms with Gasteiger partial charge in [0.2, 0.25) is 0 Å². The summed E-state index contributed by atoms with van der Waals surface area (Å²) in [6.45, 7) is 22.9. The molecule has 5 heteroatoms. The molecule has 0 aromatic heterocycles. The first-order valence-corrected chi connectivity index (χ1v) is 19.5. The van der Waals surface area contributed by atoms with Crippen LogP contribution in [0.15, 0.2) is 23.3 Å². The zero-order valence-corrected chi connectivity index (χ0v) is 28.0. The number of allylic oxidation sites excluding steroid dienone is 3. The van der Waals surface area contributed by atoms with E-state index in [-0.39, 0.29) is 22.7 Å². The zero-order valence-electron chi connectivity index (χ0n) is 26.2. The van der Waals surface area contributed by atoms with E-state index in [2.05, 4.69) is 78.6 Å². The van der Waals surface area contributed by atoms with E-state index in [1.54, 1.807) is 5.57 Å². The molecule has 218 valence electrons. The number of hydrogen-bond acceptors (Lipinski definition) is 4. The molecule has 3 saturated carbocycles. The summed E-state index contributed by atoms with van der Waals surface area (Å²) in [6, 6.07) is 0. The third-order valence-electron chi connectivity index (χ3n) is 11.9. The lowest BCUT2D eigenvalue weighted by molar-refractivity contribution is -0.0498. The summed E-state index contributed by atoms with van der Waals surface area (Å²) in [5, 5.41) is 22.7. The Morgan fingerprint density at radius 2 is 1.76 bits per heavy atom. The third-order valence-corrected chi connectivity index (χ3v) is 17.8. The van der Waals surface area contributed by atoms with Gasteiger partial charge in [-0.1, -0.05) is 64.8 Å². The Morgan fingerprint density at radius 3 is 2.39 bits per heavy atom. The molecule has 8 atom stereocenters. The molecule has 0 bridgehead atoms. The van der Waals surface area contributed by atoms with Gasteiger partial charge in [-0.15, -0.1) is 0 Å². The minimum atomic E-state index is -1.87. The van der Waals surface area contributed by atoms with Crippen LogP contribution in [-0.4, -0.2) is 47.3 Å². The number of hydrogen-bond donors (Lipinski definition) is 2. The highest BCUT2D eigenvalue weighted by atomic mass is 32.2. The predicted molar refractivity (Wildman–Crippen MR) is 166 cm³/mol. The second-order valence-electron chi connectivity index (χ2n) is 15.9. The number of fused-ring (bicyclic) bond motifs is 5. The van der Waals surface area contributed by atoms with Crippen LogP contribution in [-0.2, 0) is 4.43 Å². The van der Waals surface area contributed by atoms with E-state index in [0.29, 0.717) is 22.5 Å². The van der Waals surface area contributed by atoms with Crippen LogP contribution in [0, 0.1) is 28.6 Å². The fourth-order valence-electron chi connectivity index (χ4n) is 8.42. The maximum absolute atomic E-state index is 11.7. The summed E-state index contributed by atoms with van der Waals surface area (Å²) < 4.78 is 6.83. The van der Waals surface area contributed by atoms with Crippen LogP contribution in [0.1, 0.15) is 107 Å². The lowest BCUT2D eigenvalue weighted by Gasteiger charge is -2.57. The molecule has 0 spiro atoms. The van der Waals surface area contributed by atoms with Gasteiger partial charge in [-0.25, -0.2) is 0 Å². The van der Waals surface area contributed by atoms with Crippen molar-refractivity contribution in [2.45, 2.75) is 148 Å². The van der Waals surface area contributed by atoms with Crippen molar-refractivity contribution in [3.63, 3.8) is 0 Å². The fourth-order valence-corrected chi connectivity index (χ4v) is 11.1. The number of rotatable bonds is 8. The quantitative estimate of drug-likeness (QED) is 0.230. The molecule has 0 aromatic rings. The third kappa shape index (κ3) is 5.67. The van der Waals surface area contributed by atoms with Gasteiger partial charge in [0.15, 0.2) is 8.32 Å². The van der Waals surface area contributed by atoms with Gasteiger partial charge in [-0.3, -0.25) is 0 Å². The van der Waals surface area contributed by atoms with Gasteiger partial charge < -0.3 is 14.6 Å². The maximum Gasteiger partial charge on any atom is 0.192 e. The Balaban J connectivity index is 1.49. The lowest BCUT2D eigenvalue weighted by Crippen LogP contribution is -2.54. The van der Waals surface area contributed by atoms with E-state index in [1.165, 1.54) is 31.3 Å². The highest BCUT2D eigenvalue weighted by Crippen LogP contribution is 2.66. The van der Waals surface area contributed by atoms with Crippen molar-refractivity contribution < 1.29 is 14.6 Å². The van der Waals surface area contributed by atoms with Crippen LogP contribution >= 0.6 is 11.8 Å². The monoisotopic (exact) mass is 562 g/mol. The zero-order chi connectivity index (χ0) is 28.3. The number of thioether (sulfide) groups is 1. The van der Waals surface area contributed by atoms with Crippen molar-refractivity contribution in [3.05, 3.63) is 23.3 Å². The molecule has 3 nitrogen and oxygen atoms in total. The topological polar surface area (TPSA) is 49.7 Å². The van der Waals surface area contributed by atoms with Crippen molar-refractivity contribution in [2.75, 3.05) is 5.75 Å². The average molecular weight is 563 g/mol. The van der Waals surface area contributed by atoms with Crippen LogP contribution in [0.4, 0.5) is 0 Å². The van der Waals surface area contributed by atoms with Crippen LogP contribution in [0.2, 0.25) is 18.1 Å². The smallest absolute Gasteiger partial charge is 0.192 e. The molecule has 4 aliphatic carbocycles. The second kappa shape index (κ2) is 10.6. The second-order valence-corrected chi connectivity index (χ2v) is 22.2. The summed E-state index contributed by atoms with van der Waals surface area (Å²) in [5.74, 6) is 3.01. The van der Waals surface area contributed by atoms with Crippen LogP contribution in [0.3, 0.4) is 0 Å². The van der Waals surface area contributed by atoms with Gasteiger partial charge >= 0.3 is 0 Å². The molecule has 0 aliphatic heterocycles. The van der Waals surface area contributed by atoms with Crippen molar-refractivity contribution in [2.24, 2.45) is 28.6 Å². The standard InChI is InChI=1S/C33H58O3SSi/c1-22(37-19-11-17-31(5,6)35)26-14-15-27-25-13-12-23-20-24(36-38(9,10)30(2,3)4)21-29(34)33(23,8)28(25)16-18-32(26,27)7/h12-13,22,24,26-29,34-35H,11,14-21H2,1-10H3/t22-,24+,26+,27-,28-,29-,32+,33-/m0/s1. The molecule has 38 heavy (non-hydrogen) atoms. The Hall–Kier alpha value is -0.0731. The summed E-state index contributed by atoms with van der Waals surface area (Å²) in [5.41, 5.74) is 2.75. The first-order valence-electron chi connectivity index (χ1n) is 15.5. The number of aliphatic hydroxyl groups is 2. The molecule has 0 heterocycles. The highest BCUT2D eigenvalue weighted by Gasteiger charge is 2.59. The van der Waals surface area contributed by atoms with E-state index < -0.39 is 13.9 Å². The van der Waals surface area contributed by atoms with Crippen molar-refractivity contribution in [3.8, 4) is 0 Å². The minimum absolute atomic E-state index is 0.138. The summed E-state index contributed by atoms with van der Waals surface area (Å²) >= 11 is 2.13. The molecule has 4 aliphatic rings. The van der Waals surface area contributed by atoms with Gasteiger partial charge in [0.25, 0.3) is 0 Å². The minimum Gasteiger partial charge on any atom is -0.414 e. The van der Waals surface area contributed by atoms with Gasteiger partial charge in [-0.05, 0) is 112 Å². The Bertz CT molecular complexity index is 928. The van der Waals surface area contributed by atoms with Gasteiger partial charge in [-0.2, -0.15) is 11.8 Å². The normalized spacial score (nSPS) is 38.6. The molecular formula is C33H58O3SSi. The Labute approximate surface area is 239 Å². The van der Waals surface area contributed by atoms with Gasteiger partial charge in [0.05, 0.1) is 17.8 Å². The van der Waals surface area contributed by atoms with Gasteiger partial charge in [0.1, 0.15) is 0 Å². The van der Waals surface area contributed by atoms with Crippen LogP contribution in [0.25, 0.3) is 0 Å². The molecule has 0 unspecified atom stereocenters. The molecule has 0 radical (unpaired) electrons. The van der Waals surface area contributed by atoms with E-state index in [0.717, 1.165) is 37.4 Å². The van der Waals surface area contributed by atoms with Crippen LogP contribution in [0.5, 0.6) is 0 Å². The predicted octanol–water partition coefficient (Wildman–Crippen LogP) is 8.52.